The fraction of sp³-hybridized carbons (Fsp3) is 0.531. The van der Waals surface area contributed by atoms with E-state index in [1.54, 1.807) is 6.92 Å². The van der Waals surface area contributed by atoms with Crippen molar-refractivity contribution in [2.75, 3.05) is 13.7 Å². The number of aryl methyl sites for hydroxylation is 1. The van der Waals surface area contributed by atoms with Crippen LogP contribution in [0.3, 0.4) is 0 Å². The number of methoxy groups -OCH3 is 1. The van der Waals surface area contributed by atoms with Gasteiger partial charge in [-0.05, 0) is 88.1 Å². The monoisotopic (exact) mass is 565 g/mol. The Morgan fingerprint density at radius 2 is 1.80 bits per heavy atom. The summed E-state index contributed by atoms with van der Waals surface area (Å²) in [5.74, 6) is 0.592. The number of carbonyl (C=O) groups is 2. The predicted molar refractivity (Wildman–Crippen MR) is 156 cm³/mol. The van der Waals surface area contributed by atoms with Crippen molar-refractivity contribution in [3.05, 3.63) is 65.2 Å². The Bertz CT molecular complexity index is 1250. The highest BCUT2D eigenvalue weighted by atomic mass is 16.6. The van der Waals surface area contributed by atoms with Crippen molar-refractivity contribution in [3.8, 4) is 5.75 Å². The first-order valence-electron chi connectivity index (χ1n) is 14.2. The zero-order valence-corrected chi connectivity index (χ0v) is 25.0. The van der Waals surface area contributed by atoms with E-state index in [0.29, 0.717) is 31.0 Å². The van der Waals surface area contributed by atoms with Crippen molar-refractivity contribution in [1.82, 2.24) is 10.6 Å². The lowest BCUT2D eigenvalue weighted by Gasteiger charge is -2.46. The fourth-order valence-corrected chi connectivity index (χ4v) is 5.38. The van der Waals surface area contributed by atoms with Crippen molar-refractivity contribution >= 4 is 17.9 Å². The molecule has 2 atom stereocenters. The van der Waals surface area contributed by atoms with Gasteiger partial charge in [-0.25, -0.2) is 9.59 Å². The molecule has 1 saturated carbocycles. The summed E-state index contributed by atoms with van der Waals surface area (Å²) in [6, 6.07) is 15.4. The van der Waals surface area contributed by atoms with Crippen LogP contribution in [-0.2, 0) is 32.0 Å². The van der Waals surface area contributed by atoms with Gasteiger partial charge in [0.1, 0.15) is 29.9 Å². The van der Waals surface area contributed by atoms with Crippen LogP contribution in [0.25, 0.3) is 0 Å². The molecule has 1 aliphatic heterocycles. The lowest BCUT2D eigenvalue weighted by molar-refractivity contribution is -0.190. The summed E-state index contributed by atoms with van der Waals surface area (Å²) in [6.45, 7) is 10.1. The number of hydrogen-bond donors (Lipinski definition) is 3. The van der Waals surface area contributed by atoms with Crippen LogP contribution in [0.5, 0.6) is 5.75 Å². The number of alkyl carbamates (subject to hydrolysis) is 1. The Hall–Kier alpha value is -3.59. The summed E-state index contributed by atoms with van der Waals surface area (Å²) in [4.78, 5) is 25.0. The number of amidine groups is 1. The fourth-order valence-electron chi connectivity index (χ4n) is 5.38. The van der Waals surface area contributed by atoms with E-state index in [1.807, 2.05) is 69.3 Å². The molecule has 2 aliphatic rings. The molecule has 2 aromatic carbocycles. The van der Waals surface area contributed by atoms with Crippen LogP contribution >= 0.6 is 0 Å². The van der Waals surface area contributed by atoms with Gasteiger partial charge in [0, 0.05) is 25.3 Å². The lowest BCUT2D eigenvalue weighted by atomic mass is 9.66. The van der Waals surface area contributed by atoms with Gasteiger partial charge in [0.15, 0.2) is 5.60 Å². The first-order chi connectivity index (χ1) is 19.3. The van der Waals surface area contributed by atoms with Crippen LogP contribution in [0.4, 0.5) is 4.79 Å². The summed E-state index contributed by atoms with van der Waals surface area (Å²) in [7, 11) is 1.50. The molecule has 1 aliphatic carbocycles. The first-order valence-corrected chi connectivity index (χ1v) is 14.2. The molecule has 41 heavy (non-hydrogen) atoms. The van der Waals surface area contributed by atoms with E-state index < -0.39 is 29.4 Å². The highest BCUT2D eigenvalue weighted by Gasteiger charge is 2.47. The van der Waals surface area contributed by atoms with E-state index in [1.165, 1.54) is 7.11 Å². The number of hydrogen-bond acceptors (Lipinski definition) is 7. The maximum atomic E-state index is 12.9. The molecule has 4 rings (SSSR count). The summed E-state index contributed by atoms with van der Waals surface area (Å²) < 4.78 is 22.8. The maximum Gasteiger partial charge on any atom is 0.407 e. The smallest absolute Gasteiger partial charge is 0.407 e. The zero-order chi connectivity index (χ0) is 29.8. The van der Waals surface area contributed by atoms with Crippen molar-refractivity contribution < 1.29 is 28.5 Å². The third kappa shape index (κ3) is 7.58. The quantitative estimate of drug-likeness (QED) is 0.219. The summed E-state index contributed by atoms with van der Waals surface area (Å²) in [5, 5.41) is 14.8. The van der Waals surface area contributed by atoms with Crippen LogP contribution in [0.1, 0.15) is 70.6 Å². The molecule has 9 nitrogen and oxygen atoms in total. The topological polar surface area (TPSA) is 119 Å². The van der Waals surface area contributed by atoms with Gasteiger partial charge in [0.25, 0.3) is 0 Å². The molecular formula is C32H43N3O6. The van der Waals surface area contributed by atoms with E-state index in [0.717, 1.165) is 29.5 Å². The van der Waals surface area contributed by atoms with Gasteiger partial charge in [-0.2, -0.15) is 0 Å². The van der Waals surface area contributed by atoms with Gasteiger partial charge < -0.3 is 29.6 Å². The SMILES string of the molecule is CO[C@](C)(C(=O)OC(C)(C)C)[C@H]1CCc2cc(C(=N)N[C@H]3C[C@](C)(CNC(=O)OCc4ccccc4)C3)ccc2O1. The standard InChI is InChI=1S/C32H43N3O6/c1-30(2,3)41-28(36)32(5,38-6)26-15-13-22-16-23(12-14-25(22)40-26)27(33)35-24-17-31(4,18-24)20-34-29(37)39-19-21-10-8-7-9-11-21/h7-12,14,16,24,26H,13,15,17-20H2,1-6H3,(H2,33,35)(H,34,37)/t24-,26-,31-,32+/m1/s1. The van der Waals surface area contributed by atoms with E-state index in [4.69, 9.17) is 24.4 Å². The van der Waals surface area contributed by atoms with Gasteiger partial charge >= 0.3 is 12.1 Å². The second kappa shape index (κ2) is 12.1. The minimum Gasteiger partial charge on any atom is -0.486 e. The second-order valence-electron chi connectivity index (χ2n) is 12.6. The van der Waals surface area contributed by atoms with Crippen molar-refractivity contribution in [2.45, 2.75) is 90.3 Å². The van der Waals surface area contributed by atoms with Crippen LogP contribution in [0.15, 0.2) is 48.5 Å². The molecule has 0 aromatic heterocycles. The van der Waals surface area contributed by atoms with Crippen LogP contribution in [-0.4, -0.2) is 54.9 Å². The number of esters is 1. The number of benzene rings is 2. The third-order valence-corrected chi connectivity index (χ3v) is 7.84. The highest BCUT2D eigenvalue weighted by Crippen LogP contribution is 2.40. The molecule has 9 heteroatoms. The number of nitrogens with one attached hydrogen (secondary N) is 3. The molecule has 0 bridgehead atoms. The van der Waals surface area contributed by atoms with Crippen LogP contribution in [0, 0.1) is 10.8 Å². The molecule has 0 spiro atoms. The molecule has 0 saturated heterocycles. The van der Waals surface area contributed by atoms with Crippen LogP contribution < -0.4 is 15.4 Å². The molecule has 222 valence electrons. The Labute approximate surface area is 242 Å². The zero-order valence-electron chi connectivity index (χ0n) is 25.0. The predicted octanol–water partition coefficient (Wildman–Crippen LogP) is 5.14. The number of rotatable bonds is 9. The lowest BCUT2D eigenvalue weighted by Crippen LogP contribution is -2.54. The Kier molecular flexibility index (Phi) is 8.97. The highest BCUT2D eigenvalue weighted by molar-refractivity contribution is 5.97. The number of amides is 1. The van der Waals surface area contributed by atoms with Crippen LogP contribution in [0.2, 0.25) is 0 Å². The second-order valence-corrected chi connectivity index (χ2v) is 12.6. The molecule has 3 N–H and O–H groups in total. The average molecular weight is 566 g/mol. The largest absolute Gasteiger partial charge is 0.486 e. The average Bonchev–Trinajstić information content (AvgIpc) is 2.92. The number of ether oxygens (including phenoxy) is 4. The van der Waals surface area contributed by atoms with Crippen molar-refractivity contribution in [2.24, 2.45) is 5.41 Å². The summed E-state index contributed by atoms with van der Waals surface area (Å²) in [6.07, 6.45) is 2.04. The minimum absolute atomic E-state index is 0.0510. The van der Waals surface area contributed by atoms with Gasteiger partial charge in [-0.1, -0.05) is 37.3 Å². The van der Waals surface area contributed by atoms with Gasteiger partial charge in [-0.3, -0.25) is 5.41 Å². The first kappa shape index (κ1) is 30.4. The Morgan fingerprint density at radius 3 is 2.46 bits per heavy atom. The molecule has 2 aromatic rings. The summed E-state index contributed by atoms with van der Waals surface area (Å²) >= 11 is 0. The third-order valence-electron chi connectivity index (χ3n) is 7.84. The van der Waals surface area contributed by atoms with Gasteiger partial charge in [0.05, 0.1) is 0 Å². The van der Waals surface area contributed by atoms with E-state index in [2.05, 4.69) is 17.6 Å². The number of fused-ring (bicyclic) bond motifs is 1. The maximum absolute atomic E-state index is 12.9. The summed E-state index contributed by atoms with van der Waals surface area (Å²) in [5.41, 5.74) is 0.803. The molecular weight excluding hydrogens is 522 g/mol. The molecule has 0 unspecified atom stereocenters. The Morgan fingerprint density at radius 1 is 1.10 bits per heavy atom. The number of carbonyl (C=O) groups excluding carboxylic acids is 2. The molecule has 1 fully saturated rings. The normalized spacial score (nSPS) is 23.1. The van der Waals surface area contributed by atoms with E-state index in [9.17, 15) is 9.59 Å². The Balaban J connectivity index is 1.25. The van der Waals surface area contributed by atoms with Crippen molar-refractivity contribution in [1.29, 1.82) is 5.41 Å². The molecule has 0 radical (unpaired) electrons. The molecule has 1 amide bonds. The van der Waals surface area contributed by atoms with Gasteiger partial charge in [-0.15, -0.1) is 0 Å². The van der Waals surface area contributed by atoms with Gasteiger partial charge in [0.2, 0.25) is 0 Å². The van der Waals surface area contributed by atoms with E-state index in [-0.39, 0.29) is 18.1 Å². The van der Waals surface area contributed by atoms with E-state index >= 15 is 0 Å². The van der Waals surface area contributed by atoms with Crippen molar-refractivity contribution in [3.63, 3.8) is 0 Å². The molecule has 1 heterocycles. The minimum atomic E-state index is -1.23.